The van der Waals surface area contributed by atoms with Gasteiger partial charge in [-0.25, -0.2) is 0 Å². The number of halogens is 1. The maximum absolute atomic E-state index is 12.7. The van der Waals surface area contributed by atoms with E-state index in [-0.39, 0.29) is 5.91 Å². The van der Waals surface area contributed by atoms with Gasteiger partial charge in [0.1, 0.15) is 5.75 Å². The van der Waals surface area contributed by atoms with Crippen LogP contribution >= 0.6 is 11.6 Å². The average molecular weight is 389 g/mol. The van der Waals surface area contributed by atoms with Gasteiger partial charge in [-0.05, 0) is 49.7 Å². The van der Waals surface area contributed by atoms with E-state index in [9.17, 15) is 4.79 Å². The number of ether oxygens (including phenoxy) is 2. The smallest absolute Gasteiger partial charge is 0.263 e. The number of carbonyl (C=O) groups excluding carboxylic acids is 1. The Morgan fingerprint density at radius 3 is 2.52 bits per heavy atom. The van der Waals surface area contributed by atoms with Crippen molar-refractivity contribution in [3.63, 3.8) is 0 Å². The molecule has 0 bridgehead atoms. The molecule has 1 heterocycles. The van der Waals surface area contributed by atoms with Crippen LogP contribution in [0.15, 0.2) is 48.5 Å². The van der Waals surface area contributed by atoms with Crippen molar-refractivity contribution in [2.45, 2.75) is 26.0 Å². The Kier molecular flexibility index (Phi) is 6.24. The van der Waals surface area contributed by atoms with E-state index in [2.05, 4.69) is 16.3 Å². The lowest BCUT2D eigenvalue weighted by Crippen LogP contribution is -2.46. The van der Waals surface area contributed by atoms with Crippen LogP contribution in [0, 0.1) is 0 Å². The average Bonchev–Trinajstić information content (AvgIpc) is 2.68. The van der Waals surface area contributed by atoms with Gasteiger partial charge in [-0.2, -0.15) is 0 Å². The Hall–Kier alpha value is -2.24. The monoisotopic (exact) mass is 388 g/mol. The van der Waals surface area contributed by atoms with Crippen LogP contribution < -0.4 is 15.0 Å². The first-order valence-electron chi connectivity index (χ1n) is 9.09. The Labute approximate surface area is 165 Å². The summed E-state index contributed by atoms with van der Waals surface area (Å²) in [5.41, 5.74) is 1.22. The molecule has 0 spiro atoms. The Bertz CT molecular complexity index is 771. The molecule has 1 fully saturated rings. The molecule has 0 aliphatic carbocycles. The van der Waals surface area contributed by atoms with E-state index >= 15 is 0 Å². The van der Waals surface area contributed by atoms with Crippen LogP contribution in [0.5, 0.6) is 5.75 Å². The van der Waals surface area contributed by atoms with E-state index in [4.69, 9.17) is 21.1 Å². The van der Waals surface area contributed by atoms with Crippen LogP contribution in [-0.2, 0) is 16.1 Å². The third-order valence-corrected chi connectivity index (χ3v) is 4.77. The summed E-state index contributed by atoms with van der Waals surface area (Å²) in [4.78, 5) is 15.0. The number of morpholine rings is 1. The van der Waals surface area contributed by atoms with Gasteiger partial charge in [0, 0.05) is 30.3 Å². The molecule has 144 valence electrons. The molecule has 2 aromatic carbocycles. The molecule has 5 nitrogen and oxygen atoms in total. The van der Waals surface area contributed by atoms with Gasteiger partial charge in [-0.1, -0.05) is 29.8 Å². The quantitative estimate of drug-likeness (QED) is 0.820. The van der Waals surface area contributed by atoms with Gasteiger partial charge in [0.2, 0.25) is 0 Å². The molecule has 3 rings (SSSR count). The van der Waals surface area contributed by atoms with Crippen molar-refractivity contribution in [1.82, 2.24) is 5.32 Å². The van der Waals surface area contributed by atoms with Crippen LogP contribution in [0.2, 0.25) is 5.02 Å². The van der Waals surface area contributed by atoms with Gasteiger partial charge in [0.25, 0.3) is 5.91 Å². The first-order chi connectivity index (χ1) is 13.0. The number of rotatable bonds is 6. The summed E-state index contributed by atoms with van der Waals surface area (Å²) in [6.45, 7) is 7.12. The third kappa shape index (κ3) is 5.15. The fourth-order valence-electron chi connectivity index (χ4n) is 3.01. The minimum atomic E-state index is -0.998. The lowest BCUT2D eigenvalue weighted by Gasteiger charge is -2.31. The Morgan fingerprint density at radius 1 is 1.15 bits per heavy atom. The molecule has 0 saturated carbocycles. The maximum Gasteiger partial charge on any atom is 0.263 e. The molecular weight excluding hydrogens is 364 g/mol. The van der Waals surface area contributed by atoms with Gasteiger partial charge in [0.05, 0.1) is 13.2 Å². The SMILES string of the molecule is CC(C)(Oc1ccc(Cl)cc1)C(=O)NCc1ccccc1N1CCOCC1. The van der Waals surface area contributed by atoms with Gasteiger partial charge in [0.15, 0.2) is 5.60 Å². The molecule has 1 aliphatic heterocycles. The molecule has 1 N–H and O–H groups in total. The highest BCUT2D eigenvalue weighted by Crippen LogP contribution is 2.23. The molecular formula is C21H25ClN2O3. The molecule has 2 aromatic rings. The summed E-state index contributed by atoms with van der Waals surface area (Å²) in [5.74, 6) is 0.433. The summed E-state index contributed by atoms with van der Waals surface area (Å²) >= 11 is 5.90. The molecule has 6 heteroatoms. The Balaban J connectivity index is 1.63. The van der Waals surface area contributed by atoms with E-state index < -0.39 is 5.60 Å². The second-order valence-electron chi connectivity index (χ2n) is 6.98. The number of benzene rings is 2. The largest absolute Gasteiger partial charge is 0.478 e. The number of nitrogens with one attached hydrogen (secondary N) is 1. The number of anilines is 1. The lowest BCUT2D eigenvalue weighted by molar-refractivity contribution is -0.134. The zero-order valence-electron chi connectivity index (χ0n) is 15.7. The fourth-order valence-corrected chi connectivity index (χ4v) is 3.13. The predicted molar refractivity (Wildman–Crippen MR) is 107 cm³/mol. The van der Waals surface area contributed by atoms with Gasteiger partial charge >= 0.3 is 0 Å². The van der Waals surface area contributed by atoms with Crippen LogP contribution in [0.25, 0.3) is 0 Å². The molecule has 1 saturated heterocycles. The topological polar surface area (TPSA) is 50.8 Å². The number of nitrogens with zero attached hydrogens (tertiary/aromatic N) is 1. The van der Waals surface area contributed by atoms with E-state index in [0.29, 0.717) is 17.3 Å². The van der Waals surface area contributed by atoms with Crippen molar-refractivity contribution in [1.29, 1.82) is 0 Å². The number of para-hydroxylation sites is 1. The Morgan fingerprint density at radius 2 is 1.81 bits per heavy atom. The first kappa shape index (κ1) is 19.5. The number of hydrogen-bond donors (Lipinski definition) is 1. The van der Waals surface area contributed by atoms with Crippen molar-refractivity contribution >= 4 is 23.2 Å². The van der Waals surface area contributed by atoms with Crippen LogP contribution in [0.4, 0.5) is 5.69 Å². The molecule has 27 heavy (non-hydrogen) atoms. The number of amides is 1. The molecule has 0 aromatic heterocycles. The molecule has 0 atom stereocenters. The minimum Gasteiger partial charge on any atom is -0.478 e. The van der Waals surface area contributed by atoms with Gasteiger partial charge < -0.3 is 19.7 Å². The molecule has 0 unspecified atom stereocenters. The highest BCUT2D eigenvalue weighted by atomic mass is 35.5. The van der Waals surface area contributed by atoms with E-state index in [1.165, 1.54) is 0 Å². The normalized spacial score (nSPS) is 14.7. The van der Waals surface area contributed by atoms with Gasteiger partial charge in [-0.3, -0.25) is 4.79 Å². The lowest BCUT2D eigenvalue weighted by atomic mass is 10.1. The first-order valence-corrected chi connectivity index (χ1v) is 9.47. The summed E-state index contributed by atoms with van der Waals surface area (Å²) in [5, 5.41) is 3.63. The number of hydrogen-bond acceptors (Lipinski definition) is 4. The minimum absolute atomic E-state index is 0.172. The highest BCUT2D eigenvalue weighted by molar-refractivity contribution is 6.30. The van der Waals surface area contributed by atoms with E-state index in [1.807, 2.05) is 18.2 Å². The van der Waals surface area contributed by atoms with Crippen molar-refractivity contribution < 1.29 is 14.3 Å². The molecule has 1 amide bonds. The zero-order chi connectivity index (χ0) is 19.3. The predicted octanol–water partition coefficient (Wildman–Crippen LogP) is 3.65. The molecule has 0 radical (unpaired) electrons. The second kappa shape index (κ2) is 8.63. The summed E-state index contributed by atoms with van der Waals surface area (Å²) < 4.78 is 11.3. The molecule has 1 aliphatic rings. The third-order valence-electron chi connectivity index (χ3n) is 4.52. The van der Waals surface area contributed by atoms with Crippen LogP contribution in [0.3, 0.4) is 0 Å². The van der Waals surface area contributed by atoms with Crippen LogP contribution in [0.1, 0.15) is 19.4 Å². The maximum atomic E-state index is 12.7. The van der Waals surface area contributed by atoms with Crippen molar-refractivity contribution in [2.75, 3.05) is 31.2 Å². The number of carbonyl (C=O) groups is 1. The summed E-state index contributed by atoms with van der Waals surface area (Å²) in [6, 6.07) is 15.1. The second-order valence-corrected chi connectivity index (χ2v) is 7.41. The van der Waals surface area contributed by atoms with Crippen molar-refractivity contribution in [3.05, 3.63) is 59.1 Å². The van der Waals surface area contributed by atoms with E-state index in [1.54, 1.807) is 38.1 Å². The summed E-state index contributed by atoms with van der Waals surface area (Å²) in [7, 11) is 0. The van der Waals surface area contributed by atoms with Crippen molar-refractivity contribution in [2.24, 2.45) is 0 Å². The zero-order valence-corrected chi connectivity index (χ0v) is 16.5. The van der Waals surface area contributed by atoms with E-state index in [0.717, 1.165) is 37.6 Å². The summed E-state index contributed by atoms with van der Waals surface area (Å²) in [6.07, 6.45) is 0. The van der Waals surface area contributed by atoms with Gasteiger partial charge in [-0.15, -0.1) is 0 Å². The van der Waals surface area contributed by atoms with Crippen molar-refractivity contribution in [3.8, 4) is 5.75 Å². The van der Waals surface area contributed by atoms with Crippen LogP contribution in [-0.4, -0.2) is 37.8 Å². The highest BCUT2D eigenvalue weighted by Gasteiger charge is 2.30. The standard InChI is InChI=1S/C21H25ClN2O3/c1-21(2,27-18-9-7-17(22)8-10-18)20(25)23-15-16-5-3-4-6-19(16)24-11-13-26-14-12-24/h3-10H,11-15H2,1-2H3,(H,23,25). The fraction of sp³-hybridized carbons (Fsp3) is 0.381.